The number of amides is 1. The predicted molar refractivity (Wildman–Crippen MR) is 117 cm³/mol. The Bertz CT molecular complexity index is 897. The number of benzene rings is 2. The Morgan fingerprint density at radius 2 is 1.71 bits per heavy atom. The number of aromatic amines is 1. The van der Waals surface area contributed by atoms with E-state index in [0.717, 1.165) is 41.7 Å². The van der Waals surface area contributed by atoms with Gasteiger partial charge in [0.05, 0.1) is 6.42 Å². The Morgan fingerprint density at radius 1 is 1.04 bits per heavy atom. The normalized spacial score (nSPS) is 12.4. The summed E-state index contributed by atoms with van der Waals surface area (Å²) in [7, 11) is 0. The molecule has 0 spiro atoms. The Labute approximate surface area is 167 Å². The molecule has 2 aromatic carbocycles. The maximum atomic E-state index is 12.7. The first-order valence-electron chi connectivity index (χ1n) is 10.2. The lowest BCUT2D eigenvalue weighted by molar-refractivity contribution is -0.120. The van der Waals surface area contributed by atoms with Crippen LogP contribution >= 0.6 is 0 Å². The van der Waals surface area contributed by atoms with E-state index in [4.69, 9.17) is 0 Å². The minimum absolute atomic E-state index is 0.0815. The topological polar surface area (TPSA) is 48.1 Å². The molecule has 4 nitrogen and oxygen atoms in total. The fourth-order valence-electron chi connectivity index (χ4n) is 3.97. The zero-order chi connectivity index (χ0) is 19.9. The van der Waals surface area contributed by atoms with Crippen molar-refractivity contribution in [1.29, 1.82) is 0 Å². The summed E-state index contributed by atoms with van der Waals surface area (Å²) in [5, 5.41) is 4.33. The molecule has 0 radical (unpaired) electrons. The standard InChI is InChI=1S/C24H31N3O/c1-4-27(5-2)20(15-19-11-7-6-8-12-19)17-25-24(28)16-22-18(3)26-23-14-10-9-13-21(22)23/h6-14,20,26H,4-5,15-17H2,1-3H3,(H,25,28). The lowest BCUT2D eigenvalue weighted by atomic mass is 10.0. The van der Waals surface area contributed by atoms with Gasteiger partial charge in [-0.25, -0.2) is 0 Å². The van der Waals surface area contributed by atoms with Gasteiger partial charge in [0.2, 0.25) is 5.91 Å². The molecule has 28 heavy (non-hydrogen) atoms. The molecule has 0 fully saturated rings. The average Bonchev–Trinajstić information content (AvgIpc) is 3.03. The second-order valence-corrected chi connectivity index (χ2v) is 7.32. The molecule has 2 N–H and O–H groups in total. The van der Waals surface area contributed by atoms with Crippen molar-refractivity contribution in [3.8, 4) is 0 Å². The van der Waals surface area contributed by atoms with E-state index in [2.05, 4.69) is 65.4 Å². The summed E-state index contributed by atoms with van der Waals surface area (Å²) < 4.78 is 0. The van der Waals surface area contributed by atoms with Gasteiger partial charge in [-0.1, -0.05) is 62.4 Å². The summed E-state index contributed by atoms with van der Waals surface area (Å²) in [6, 6.07) is 19.0. The van der Waals surface area contributed by atoms with Gasteiger partial charge >= 0.3 is 0 Å². The van der Waals surface area contributed by atoms with Gasteiger partial charge in [-0.3, -0.25) is 9.69 Å². The van der Waals surface area contributed by atoms with Crippen LogP contribution in [-0.2, 0) is 17.6 Å². The molecule has 0 aliphatic carbocycles. The highest BCUT2D eigenvalue weighted by Gasteiger charge is 2.18. The second kappa shape index (κ2) is 9.56. The molecule has 1 atom stereocenters. The summed E-state index contributed by atoms with van der Waals surface area (Å²) in [6.07, 6.45) is 1.35. The molecular formula is C24H31N3O. The molecule has 0 saturated heterocycles. The quantitative estimate of drug-likeness (QED) is 0.590. The summed E-state index contributed by atoms with van der Waals surface area (Å²) in [5.41, 5.74) is 4.56. The van der Waals surface area contributed by atoms with Crippen LogP contribution in [0.2, 0.25) is 0 Å². The zero-order valence-electron chi connectivity index (χ0n) is 17.2. The van der Waals surface area contributed by atoms with Crippen LogP contribution in [0.5, 0.6) is 0 Å². The van der Waals surface area contributed by atoms with Crippen LogP contribution in [0.3, 0.4) is 0 Å². The molecule has 0 aliphatic heterocycles. The third-order valence-corrected chi connectivity index (χ3v) is 5.54. The highest BCUT2D eigenvalue weighted by Crippen LogP contribution is 2.22. The van der Waals surface area contributed by atoms with E-state index >= 15 is 0 Å². The number of rotatable bonds is 9. The number of hydrogen-bond acceptors (Lipinski definition) is 2. The monoisotopic (exact) mass is 377 g/mol. The van der Waals surface area contributed by atoms with Gasteiger partial charge in [0.15, 0.2) is 0 Å². The molecule has 0 saturated carbocycles. The largest absolute Gasteiger partial charge is 0.358 e. The Kier molecular flexibility index (Phi) is 6.88. The number of para-hydroxylation sites is 1. The Morgan fingerprint density at radius 3 is 2.43 bits per heavy atom. The van der Waals surface area contributed by atoms with E-state index in [9.17, 15) is 4.79 Å². The number of aryl methyl sites for hydroxylation is 1. The Hall–Kier alpha value is -2.59. The van der Waals surface area contributed by atoms with Crippen molar-refractivity contribution < 1.29 is 4.79 Å². The average molecular weight is 378 g/mol. The molecule has 3 aromatic rings. The van der Waals surface area contributed by atoms with Crippen molar-refractivity contribution in [2.45, 2.75) is 39.7 Å². The van der Waals surface area contributed by atoms with Crippen LogP contribution in [0.15, 0.2) is 54.6 Å². The molecule has 0 aliphatic rings. The second-order valence-electron chi connectivity index (χ2n) is 7.32. The summed E-state index contributed by atoms with van der Waals surface area (Å²) in [6.45, 7) is 9.02. The fraction of sp³-hybridized carbons (Fsp3) is 0.375. The van der Waals surface area contributed by atoms with Crippen LogP contribution in [-0.4, -0.2) is 41.5 Å². The maximum Gasteiger partial charge on any atom is 0.224 e. The molecule has 148 valence electrons. The number of nitrogens with one attached hydrogen (secondary N) is 2. The molecule has 1 aromatic heterocycles. The van der Waals surface area contributed by atoms with E-state index in [1.165, 1.54) is 5.56 Å². The molecule has 0 bridgehead atoms. The number of carbonyl (C=O) groups excluding carboxylic acids is 1. The summed E-state index contributed by atoms with van der Waals surface area (Å²) in [5.74, 6) is 0.0815. The lowest BCUT2D eigenvalue weighted by Crippen LogP contribution is -2.45. The van der Waals surface area contributed by atoms with Crippen molar-refractivity contribution in [2.24, 2.45) is 0 Å². The van der Waals surface area contributed by atoms with E-state index in [1.54, 1.807) is 0 Å². The van der Waals surface area contributed by atoms with E-state index in [0.29, 0.717) is 19.0 Å². The third kappa shape index (κ3) is 4.82. The van der Waals surface area contributed by atoms with Crippen molar-refractivity contribution in [3.05, 3.63) is 71.4 Å². The number of hydrogen-bond donors (Lipinski definition) is 2. The number of H-pyrrole nitrogens is 1. The number of nitrogens with zero attached hydrogens (tertiary/aromatic N) is 1. The molecular weight excluding hydrogens is 346 g/mol. The Balaban J connectivity index is 1.66. The molecule has 1 unspecified atom stereocenters. The van der Waals surface area contributed by atoms with Gasteiger partial charge < -0.3 is 10.3 Å². The zero-order valence-corrected chi connectivity index (χ0v) is 17.2. The molecule has 1 heterocycles. The first-order valence-corrected chi connectivity index (χ1v) is 10.2. The molecule has 3 rings (SSSR count). The van der Waals surface area contributed by atoms with Crippen LogP contribution in [0.1, 0.15) is 30.7 Å². The lowest BCUT2D eigenvalue weighted by Gasteiger charge is -2.30. The number of aromatic nitrogens is 1. The van der Waals surface area contributed by atoms with Gasteiger partial charge in [0, 0.05) is 29.2 Å². The van der Waals surface area contributed by atoms with Crippen molar-refractivity contribution in [3.63, 3.8) is 0 Å². The third-order valence-electron chi connectivity index (χ3n) is 5.54. The van der Waals surface area contributed by atoms with Gasteiger partial charge in [0.25, 0.3) is 0 Å². The van der Waals surface area contributed by atoms with E-state index < -0.39 is 0 Å². The van der Waals surface area contributed by atoms with E-state index in [-0.39, 0.29) is 5.91 Å². The van der Waals surface area contributed by atoms with Gasteiger partial charge in [-0.2, -0.15) is 0 Å². The predicted octanol–water partition coefficient (Wildman–Crippen LogP) is 4.09. The number of carbonyl (C=O) groups is 1. The van der Waals surface area contributed by atoms with E-state index in [1.807, 2.05) is 25.1 Å². The smallest absolute Gasteiger partial charge is 0.224 e. The van der Waals surface area contributed by atoms with Crippen molar-refractivity contribution >= 4 is 16.8 Å². The number of likely N-dealkylation sites (N-methyl/N-ethyl adjacent to an activating group) is 1. The highest BCUT2D eigenvalue weighted by atomic mass is 16.1. The van der Waals surface area contributed by atoms with Gasteiger partial charge in [0.1, 0.15) is 0 Å². The maximum absolute atomic E-state index is 12.7. The minimum Gasteiger partial charge on any atom is -0.358 e. The molecule has 1 amide bonds. The van der Waals surface area contributed by atoms with Crippen LogP contribution in [0.25, 0.3) is 10.9 Å². The van der Waals surface area contributed by atoms with Gasteiger partial charge in [-0.05, 0) is 43.6 Å². The van der Waals surface area contributed by atoms with Gasteiger partial charge in [-0.15, -0.1) is 0 Å². The first kappa shape index (κ1) is 20.2. The van der Waals surface area contributed by atoms with Crippen LogP contribution in [0.4, 0.5) is 0 Å². The summed E-state index contributed by atoms with van der Waals surface area (Å²) >= 11 is 0. The number of fused-ring (bicyclic) bond motifs is 1. The van der Waals surface area contributed by atoms with Crippen molar-refractivity contribution in [1.82, 2.24) is 15.2 Å². The first-order chi connectivity index (χ1) is 13.6. The molecule has 4 heteroatoms. The SMILES string of the molecule is CCN(CC)C(CNC(=O)Cc1c(C)[nH]c2ccccc12)Cc1ccccc1. The highest BCUT2D eigenvalue weighted by molar-refractivity contribution is 5.90. The fourth-order valence-corrected chi connectivity index (χ4v) is 3.97. The van der Waals surface area contributed by atoms with Crippen LogP contribution < -0.4 is 5.32 Å². The van der Waals surface area contributed by atoms with Crippen molar-refractivity contribution in [2.75, 3.05) is 19.6 Å². The van der Waals surface area contributed by atoms with Crippen LogP contribution in [0, 0.1) is 6.92 Å². The summed E-state index contributed by atoms with van der Waals surface area (Å²) in [4.78, 5) is 18.5. The minimum atomic E-state index is 0.0815.